The van der Waals surface area contributed by atoms with Gasteiger partial charge in [-0.25, -0.2) is 9.07 Å². The molecule has 101 valence electrons. The third kappa shape index (κ3) is 3.43. The molecule has 3 rings (SSSR count). The van der Waals surface area contributed by atoms with Crippen LogP contribution >= 0.6 is 15.9 Å². The summed E-state index contributed by atoms with van der Waals surface area (Å²) in [5.41, 5.74) is 0.212. The Morgan fingerprint density at radius 3 is 2.71 bits per heavy atom. The van der Waals surface area contributed by atoms with Crippen molar-refractivity contribution in [2.24, 2.45) is 0 Å². The molecule has 3 nitrogen and oxygen atoms in total. The molecule has 0 aliphatic carbocycles. The second kappa shape index (κ2) is 6.83. The van der Waals surface area contributed by atoms with Crippen molar-refractivity contribution in [3.05, 3.63) is 74.9 Å². The maximum absolute atomic E-state index is 13.8. The van der Waals surface area contributed by atoms with E-state index in [1.807, 2.05) is 12.1 Å². The third-order valence-electron chi connectivity index (χ3n) is 3.10. The van der Waals surface area contributed by atoms with Crippen LogP contribution in [-0.4, -0.2) is 39.3 Å². The molecule has 0 aliphatic rings. The molecule has 0 N–H and O–H groups in total. The molecule has 0 fully saturated rings. The van der Waals surface area contributed by atoms with Crippen molar-refractivity contribution >= 4 is 56.3 Å². The van der Waals surface area contributed by atoms with E-state index in [4.69, 9.17) is 0 Å². The van der Waals surface area contributed by atoms with Gasteiger partial charge in [-0.1, -0.05) is 40.2 Å². The van der Waals surface area contributed by atoms with E-state index in [-0.39, 0.29) is 47.5 Å². The van der Waals surface area contributed by atoms with Gasteiger partial charge < -0.3 is 0 Å². The Balaban J connectivity index is 0.00000161. The molecule has 0 spiro atoms. The number of hydrogen-bond donors (Lipinski definition) is 0. The number of halogens is 2. The fraction of sp³-hybridized carbons (Fsp3) is 0.0667. The second-order valence-electron chi connectivity index (χ2n) is 4.43. The molecule has 0 amide bonds. The van der Waals surface area contributed by atoms with Gasteiger partial charge in [0.2, 0.25) is 0 Å². The minimum atomic E-state index is -0.360. The molecule has 0 saturated carbocycles. The van der Waals surface area contributed by atoms with Crippen molar-refractivity contribution in [1.82, 2.24) is 9.78 Å². The van der Waals surface area contributed by atoms with E-state index < -0.39 is 0 Å². The molecule has 1 aromatic heterocycles. The number of rotatable bonds is 2. The SMILES string of the molecule is O=c1c2ccccc2cnn1Cc1ccc(Br)cc1F.[Na]. The van der Waals surface area contributed by atoms with Gasteiger partial charge in [-0.15, -0.1) is 0 Å². The molecule has 0 unspecified atom stereocenters. The van der Waals surface area contributed by atoms with Crippen LogP contribution in [0.25, 0.3) is 10.8 Å². The maximum Gasteiger partial charge on any atom is 0.274 e. The van der Waals surface area contributed by atoms with Crippen molar-refractivity contribution in [1.29, 1.82) is 0 Å². The summed E-state index contributed by atoms with van der Waals surface area (Å²) in [7, 11) is 0. The Bertz CT molecular complexity index is 850. The first-order valence-corrected chi connectivity index (χ1v) is 6.83. The van der Waals surface area contributed by atoms with Crippen LogP contribution in [0.15, 0.2) is 57.9 Å². The molecule has 2 aromatic carbocycles. The Morgan fingerprint density at radius 1 is 1.19 bits per heavy atom. The van der Waals surface area contributed by atoms with Crippen molar-refractivity contribution in [2.45, 2.75) is 6.54 Å². The Hall–Kier alpha value is -1.01. The number of aromatic nitrogens is 2. The second-order valence-corrected chi connectivity index (χ2v) is 5.35. The summed E-state index contributed by atoms with van der Waals surface area (Å²) in [4.78, 5) is 12.3. The molecule has 0 aliphatic heterocycles. The van der Waals surface area contributed by atoms with Crippen LogP contribution < -0.4 is 5.56 Å². The smallest absolute Gasteiger partial charge is 0.267 e. The first-order valence-electron chi connectivity index (χ1n) is 6.04. The van der Waals surface area contributed by atoms with Gasteiger partial charge in [0.25, 0.3) is 5.56 Å². The van der Waals surface area contributed by atoms with E-state index in [0.717, 1.165) is 5.39 Å². The minimum Gasteiger partial charge on any atom is -0.267 e. The molecule has 3 aromatic rings. The molecule has 0 atom stereocenters. The summed E-state index contributed by atoms with van der Waals surface area (Å²) in [6.45, 7) is 0.114. The molecular formula is C15H10BrFN2NaO. The zero-order valence-electron chi connectivity index (χ0n) is 11.4. The number of hydrogen-bond acceptors (Lipinski definition) is 2. The Labute approximate surface area is 151 Å². The van der Waals surface area contributed by atoms with Crippen LogP contribution in [0.5, 0.6) is 0 Å². The number of benzene rings is 2. The van der Waals surface area contributed by atoms with Gasteiger partial charge in [-0.2, -0.15) is 5.10 Å². The maximum atomic E-state index is 13.8. The van der Waals surface area contributed by atoms with Gasteiger partial charge >= 0.3 is 0 Å². The number of nitrogens with zero attached hydrogens (tertiary/aromatic N) is 2. The monoisotopic (exact) mass is 355 g/mol. The van der Waals surface area contributed by atoms with Crippen LogP contribution in [0, 0.1) is 5.82 Å². The zero-order valence-corrected chi connectivity index (χ0v) is 15.0. The molecular weight excluding hydrogens is 346 g/mol. The molecule has 21 heavy (non-hydrogen) atoms. The summed E-state index contributed by atoms with van der Waals surface area (Å²) >= 11 is 3.20. The average molecular weight is 356 g/mol. The zero-order chi connectivity index (χ0) is 14.1. The van der Waals surface area contributed by atoms with Gasteiger partial charge in [0.1, 0.15) is 5.82 Å². The fourth-order valence-electron chi connectivity index (χ4n) is 2.05. The molecule has 0 bridgehead atoms. The van der Waals surface area contributed by atoms with Gasteiger partial charge in [-0.3, -0.25) is 4.79 Å². The topological polar surface area (TPSA) is 34.9 Å². The number of fused-ring (bicyclic) bond motifs is 1. The van der Waals surface area contributed by atoms with E-state index in [1.54, 1.807) is 30.5 Å². The van der Waals surface area contributed by atoms with E-state index in [2.05, 4.69) is 21.0 Å². The molecule has 1 heterocycles. The average Bonchev–Trinajstić information content (AvgIpc) is 2.45. The van der Waals surface area contributed by atoms with Crippen LogP contribution in [0.4, 0.5) is 4.39 Å². The van der Waals surface area contributed by atoms with Crippen molar-refractivity contribution in [3.63, 3.8) is 0 Å². The van der Waals surface area contributed by atoms with Crippen LogP contribution in [0.1, 0.15) is 5.56 Å². The first kappa shape index (κ1) is 16.4. The van der Waals surface area contributed by atoms with E-state index >= 15 is 0 Å². The van der Waals surface area contributed by atoms with E-state index in [0.29, 0.717) is 15.4 Å². The molecule has 1 radical (unpaired) electrons. The normalized spacial score (nSPS) is 10.4. The van der Waals surface area contributed by atoms with Gasteiger partial charge in [-0.05, 0) is 18.2 Å². The summed E-state index contributed by atoms with van der Waals surface area (Å²) in [6.07, 6.45) is 1.62. The van der Waals surface area contributed by atoms with Gasteiger partial charge in [0.05, 0.1) is 18.1 Å². The van der Waals surface area contributed by atoms with Gasteiger partial charge in [0, 0.05) is 45.0 Å². The van der Waals surface area contributed by atoms with E-state index in [1.165, 1.54) is 10.7 Å². The first-order chi connectivity index (χ1) is 9.65. The standard InChI is InChI=1S/C15H10BrFN2O.Na/c16-12-6-5-11(14(17)7-12)9-19-15(20)13-4-2-1-3-10(13)8-18-19;/h1-8H,9H2;. The fourth-order valence-corrected chi connectivity index (χ4v) is 2.38. The summed E-state index contributed by atoms with van der Waals surface area (Å²) in [5.74, 6) is -0.360. The largest absolute Gasteiger partial charge is 0.274 e. The minimum absolute atomic E-state index is 0. The van der Waals surface area contributed by atoms with E-state index in [9.17, 15) is 9.18 Å². The summed E-state index contributed by atoms with van der Waals surface area (Å²) < 4.78 is 15.7. The van der Waals surface area contributed by atoms with Crippen molar-refractivity contribution < 1.29 is 4.39 Å². The summed E-state index contributed by atoms with van der Waals surface area (Å²) in [5, 5.41) is 5.46. The predicted octanol–water partition coefficient (Wildman–Crippen LogP) is 2.97. The van der Waals surface area contributed by atoms with Crippen molar-refractivity contribution in [3.8, 4) is 0 Å². The predicted molar refractivity (Wildman–Crippen MR) is 85.0 cm³/mol. The third-order valence-corrected chi connectivity index (χ3v) is 3.59. The Kier molecular flexibility index (Phi) is 5.32. The van der Waals surface area contributed by atoms with Crippen LogP contribution in [0.2, 0.25) is 0 Å². The molecule has 0 saturated heterocycles. The van der Waals surface area contributed by atoms with Crippen LogP contribution in [-0.2, 0) is 6.54 Å². The van der Waals surface area contributed by atoms with Crippen LogP contribution in [0.3, 0.4) is 0 Å². The van der Waals surface area contributed by atoms with Gasteiger partial charge in [0.15, 0.2) is 0 Å². The summed E-state index contributed by atoms with van der Waals surface area (Å²) in [6, 6.07) is 12.0. The van der Waals surface area contributed by atoms with Crippen molar-refractivity contribution in [2.75, 3.05) is 0 Å². The molecule has 6 heteroatoms. The quantitative estimate of drug-likeness (QED) is 0.662. The Morgan fingerprint density at radius 2 is 1.95 bits per heavy atom.